The summed E-state index contributed by atoms with van der Waals surface area (Å²) in [5.74, 6) is -0.0470. The fraction of sp³-hybridized carbons (Fsp3) is 0.937. The summed E-state index contributed by atoms with van der Waals surface area (Å²) in [6, 6.07) is -0.624. The molecule has 69 heavy (non-hydrogen) atoms. The average Bonchev–Trinajstić information content (AvgIpc) is 3.35. The van der Waals surface area contributed by atoms with Gasteiger partial charge in [-0.25, -0.2) is 0 Å². The third-order valence-electron chi connectivity index (χ3n) is 14.8. The number of hydrogen-bond acceptors (Lipinski definition) is 5. The van der Waals surface area contributed by atoms with Crippen molar-refractivity contribution in [1.82, 2.24) is 5.32 Å². The molecule has 0 saturated carbocycles. The minimum atomic E-state index is -0.841. The van der Waals surface area contributed by atoms with E-state index in [9.17, 15) is 19.8 Å². The number of amides is 1. The van der Waals surface area contributed by atoms with E-state index in [1.807, 2.05) is 6.08 Å². The second-order valence-electron chi connectivity index (χ2n) is 21.8. The van der Waals surface area contributed by atoms with Crippen LogP contribution in [0.2, 0.25) is 0 Å². The zero-order chi connectivity index (χ0) is 50.0. The highest BCUT2D eigenvalue weighted by Gasteiger charge is 2.18. The molecule has 2 atom stereocenters. The number of carbonyl (C=O) groups is 2. The Labute approximate surface area is 431 Å². The van der Waals surface area contributed by atoms with Gasteiger partial charge in [0.2, 0.25) is 5.91 Å². The highest BCUT2D eigenvalue weighted by Crippen LogP contribution is 2.18. The van der Waals surface area contributed by atoms with Crippen LogP contribution in [0.3, 0.4) is 0 Å². The second-order valence-corrected chi connectivity index (χ2v) is 21.8. The fourth-order valence-electron chi connectivity index (χ4n) is 9.99. The van der Waals surface area contributed by atoms with Crippen molar-refractivity contribution in [3.05, 3.63) is 12.2 Å². The van der Waals surface area contributed by atoms with Crippen LogP contribution in [0.4, 0.5) is 0 Å². The number of allylic oxidation sites excluding steroid dienone is 1. The van der Waals surface area contributed by atoms with E-state index in [1.165, 1.54) is 289 Å². The number of unbranched alkanes of at least 4 members (excludes halogenated alkanes) is 48. The lowest BCUT2D eigenvalue weighted by Crippen LogP contribution is -2.45. The molecule has 0 radical (unpaired) electrons. The van der Waals surface area contributed by atoms with Gasteiger partial charge >= 0.3 is 5.97 Å². The van der Waals surface area contributed by atoms with Crippen LogP contribution < -0.4 is 5.32 Å². The number of rotatable bonds is 59. The lowest BCUT2D eigenvalue weighted by Gasteiger charge is -2.20. The summed E-state index contributed by atoms with van der Waals surface area (Å²) in [5.41, 5.74) is 0. The van der Waals surface area contributed by atoms with Crippen molar-refractivity contribution >= 4 is 11.9 Å². The summed E-state index contributed by atoms with van der Waals surface area (Å²) in [5, 5.41) is 23.0. The number of esters is 1. The van der Waals surface area contributed by atoms with Gasteiger partial charge in [0.25, 0.3) is 0 Å². The largest absolute Gasteiger partial charge is 0.466 e. The molecule has 0 saturated heterocycles. The molecule has 6 heteroatoms. The van der Waals surface area contributed by atoms with Crippen LogP contribution in [0.15, 0.2) is 12.2 Å². The van der Waals surface area contributed by atoms with Crippen molar-refractivity contribution in [1.29, 1.82) is 0 Å². The van der Waals surface area contributed by atoms with Gasteiger partial charge in [0, 0.05) is 12.8 Å². The number of carbonyl (C=O) groups excluding carboxylic acids is 2. The van der Waals surface area contributed by atoms with Gasteiger partial charge in [0.05, 0.1) is 25.4 Å². The number of aliphatic hydroxyl groups is 2. The van der Waals surface area contributed by atoms with Crippen LogP contribution >= 0.6 is 0 Å². The smallest absolute Gasteiger partial charge is 0.305 e. The van der Waals surface area contributed by atoms with Crippen LogP contribution in [-0.2, 0) is 14.3 Å². The summed E-state index contributed by atoms with van der Waals surface area (Å²) in [4.78, 5) is 24.5. The van der Waals surface area contributed by atoms with E-state index in [0.29, 0.717) is 19.4 Å². The van der Waals surface area contributed by atoms with Crippen LogP contribution in [-0.4, -0.2) is 47.4 Å². The summed E-state index contributed by atoms with van der Waals surface area (Å²) in [7, 11) is 0. The molecule has 0 aromatic rings. The average molecular weight is 975 g/mol. The molecule has 410 valence electrons. The molecule has 0 fully saturated rings. The van der Waals surface area contributed by atoms with Gasteiger partial charge in [-0.1, -0.05) is 321 Å². The Kier molecular flexibility index (Phi) is 58.0. The van der Waals surface area contributed by atoms with E-state index in [4.69, 9.17) is 4.74 Å². The predicted molar refractivity (Wildman–Crippen MR) is 301 cm³/mol. The Bertz CT molecular complexity index is 1030. The maximum Gasteiger partial charge on any atom is 0.305 e. The first-order valence-corrected chi connectivity index (χ1v) is 31.5. The van der Waals surface area contributed by atoms with E-state index in [1.54, 1.807) is 6.08 Å². The molecule has 3 N–H and O–H groups in total. The fourth-order valence-corrected chi connectivity index (χ4v) is 9.99. The van der Waals surface area contributed by atoms with Crippen molar-refractivity contribution in [2.24, 2.45) is 0 Å². The van der Waals surface area contributed by atoms with E-state index < -0.39 is 12.1 Å². The van der Waals surface area contributed by atoms with E-state index >= 15 is 0 Å². The maximum absolute atomic E-state index is 12.4. The highest BCUT2D eigenvalue weighted by molar-refractivity contribution is 5.76. The lowest BCUT2D eigenvalue weighted by atomic mass is 10.0. The molecule has 0 spiro atoms. The van der Waals surface area contributed by atoms with Gasteiger partial charge in [-0.15, -0.1) is 0 Å². The van der Waals surface area contributed by atoms with Crippen molar-refractivity contribution in [3.63, 3.8) is 0 Å². The molecule has 0 aliphatic carbocycles. The first kappa shape index (κ1) is 67.6. The van der Waals surface area contributed by atoms with Crippen LogP contribution in [0.25, 0.3) is 0 Å². The first-order chi connectivity index (χ1) is 34.0. The summed E-state index contributed by atoms with van der Waals surface area (Å²) in [6.07, 6.45) is 71.2. The summed E-state index contributed by atoms with van der Waals surface area (Å²) in [6.45, 7) is 4.92. The first-order valence-electron chi connectivity index (χ1n) is 31.5. The number of aliphatic hydroxyl groups excluding tert-OH is 2. The summed E-state index contributed by atoms with van der Waals surface area (Å²) < 4.78 is 5.50. The topological polar surface area (TPSA) is 95.9 Å². The monoisotopic (exact) mass is 974 g/mol. The Morgan fingerprint density at radius 3 is 0.986 bits per heavy atom. The molecule has 0 aliphatic rings. The molecule has 0 aliphatic heterocycles. The third-order valence-corrected chi connectivity index (χ3v) is 14.8. The van der Waals surface area contributed by atoms with Gasteiger partial charge in [-0.2, -0.15) is 0 Å². The predicted octanol–water partition coefficient (Wildman–Crippen LogP) is 19.6. The van der Waals surface area contributed by atoms with Crippen LogP contribution in [0, 0.1) is 0 Å². The minimum Gasteiger partial charge on any atom is -0.466 e. The third kappa shape index (κ3) is 55.8. The van der Waals surface area contributed by atoms with Crippen LogP contribution in [0.1, 0.15) is 354 Å². The van der Waals surface area contributed by atoms with Gasteiger partial charge in [0.15, 0.2) is 0 Å². The Balaban J connectivity index is 3.33. The zero-order valence-corrected chi connectivity index (χ0v) is 46.8. The molecular weight excluding hydrogens is 851 g/mol. The van der Waals surface area contributed by atoms with E-state index in [-0.39, 0.29) is 18.5 Å². The molecule has 0 heterocycles. The molecule has 2 unspecified atom stereocenters. The molecule has 0 aromatic carbocycles. The van der Waals surface area contributed by atoms with Crippen molar-refractivity contribution < 1.29 is 24.5 Å². The van der Waals surface area contributed by atoms with Crippen molar-refractivity contribution in [2.75, 3.05) is 13.2 Å². The van der Waals surface area contributed by atoms with Crippen molar-refractivity contribution in [3.8, 4) is 0 Å². The molecular formula is C63H123NO5. The standard InChI is InChI=1S/C63H123NO5/c1-3-5-7-9-11-13-15-16-17-26-30-33-37-41-45-49-53-57-63(68)69-58-54-50-46-42-38-34-31-28-25-23-21-19-18-20-22-24-27-29-32-36-40-44-48-52-56-62(67)64-60(59-65)61(66)55-51-47-43-39-35-14-12-10-8-6-4-2/h51,55,60-61,65-66H,3-50,52-54,56-59H2,1-2H3,(H,64,67)/b55-51+. The zero-order valence-electron chi connectivity index (χ0n) is 46.8. The van der Waals surface area contributed by atoms with E-state index in [0.717, 1.165) is 38.5 Å². The Hall–Kier alpha value is -1.40. The Morgan fingerprint density at radius 1 is 0.391 bits per heavy atom. The SMILES string of the molecule is CCCCCCCCCCC/C=C/C(O)C(CO)NC(=O)CCCCCCCCCCCCCCCCCCCCCCCCCCOC(=O)CCCCCCCCCCCCCCCCCCC. The maximum atomic E-state index is 12.4. The van der Waals surface area contributed by atoms with Gasteiger partial charge in [0.1, 0.15) is 0 Å². The lowest BCUT2D eigenvalue weighted by molar-refractivity contribution is -0.143. The Morgan fingerprint density at radius 2 is 0.667 bits per heavy atom. The molecule has 0 bridgehead atoms. The highest BCUT2D eigenvalue weighted by atomic mass is 16.5. The quantitative estimate of drug-likeness (QED) is 0.0321. The van der Waals surface area contributed by atoms with Gasteiger partial charge in [-0.05, 0) is 32.1 Å². The van der Waals surface area contributed by atoms with E-state index in [2.05, 4.69) is 19.2 Å². The summed E-state index contributed by atoms with van der Waals surface area (Å²) >= 11 is 0. The number of hydrogen-bond donors (Lipinski definition) is 3. The molecule has 0 rings (SSSR count). The second kappa shape index (κ2) is 59.2. The molecule has 6 nitrogen and oxygen atoms in total. The van der Waals surface area contributed by atoms with Crippen LogP contribution in [0.5, 0.6) is 0 Å². The minimum absolute atomic E-state index is 0.0194. The van der Waals surface area contributed by atoms with Crippen molar-refractivity contribution in [2.45, 2.75) is 366 Å². The number of ether oxygens (including phenoxy) is 1. The van der Waals surface area contributed by atoms with Gasteiger partial charge < -0.3 is 20.3 Å². The molecule has 0 aromatic heterocycles. The normalized spacial score (nSPS) is 12.6. The van der Waals surface area contributed by atoms with Gasteiger partial charge in [-0.3, -0.25) is 9.59 Å². The molecule has 1 amide bonds. The number of nitrogens with one attached hydrogen (secondary N) is 1.